The molecule has 1 aromatic carbocycles. The zero-order chi connectivity index (χ0) is 15.3. The van der Waals surface area contributed by atoms with Crippen molar-refractivity contribution in [3.63, 3.8) is 0 Å². The molecule has 0 aliphatic heterocycles. The van der Waals surface area contributed by atoms with Crippen LogP contribution in [-0.2, 0) is 0 Å². The van der Waals surface area contributed by atoms with Crippen LogP contribution >= 0.6 is 11.6 Å². The van der Waals surface area contributed by atoms with Gasteiger partial charge in [-0.3, -0.25) is 14.9 Å². The van der Waals surface area contributed by atoms with Crippen LogP contribution in [0.4, 0.5) is 14.5 Å². The fourth-order valence-electron chi connectivity index (χ4n) is 1.79. The lowest BCUT2D eigenvalue weighted by molar-refractivity contribution is -0.385. The summed E-state index contributed by atoms with van der Waals surface area (Å²) in [6.45, 7) is 0.570. The maximum absolute atomic E-state index is 12.5. The Morgan fingerprint density at radius 2 is 2.15 bits per heavy atom. The number of aryl methyl sites for hydroxylation is 1. The normalized spacial score (nSPS) is 10.7. The molecule has 0 aromatic heterocycles. The van der Waals surface area contributed by atoms with Crippen LogP contribution in [0.2, 0.25) is 0 Å². The first-order valence-corrected chi connectivity index (χ1v) is 6.29. The quantitative estimate of drug-likeness (QED) is 0.461. The van der Waals surface area contributed by atoms with Crippen molar-refractivity contribution in [2.24, 2.45) is 0 Å². The Kier molecular flexibility index (Phi) is 5.82. The molecule has 8 heteroatoms. The SMILES string of the molecule is Cc1cccc(C(=O)N(CCCl)CC(F)F)c1[N+](=O)[O-]. The van der Waals surface area contributed by atoms with E-state index >= 15 is 0 Å². The van der Waals surface area contributed by atoms with E-state index in [-0.39, 0.29) is 23.7 Å². The second-order valence-corrected chi connectivity index (χ2v) is 4.44. The number of nitrogens with zero attached hydrogens (tertiary/aromatic N) is 2. The van der Waals surface area contributed by atoms with Crippen molar-refractivity contribution in [2.45, 2.75) is 13.3 Å². The van der Waals surface area contributed by atoms with Crippen molar-refractivity contribution in [1.29, 1.82) is 0 Å². The molecule has 5 nitrogen and oxygen atoms in total. The number of hydrogen-bond acceptors (Lipinski definition) is 3. The minimum Gasteiger partial charge on any atom is -0.332 e. The van der Waals surface area contributed by atoms with Crippen molar-refractivity contribution in [1.82, 2.24) is 4.90 Å². The third-order valence-corrected chi connectivity index (χ3v) is 2.82. The molecule has 0 saturated heterocycles. The lowest BCUT2D eigenvalue weighted by atomic mass is 10.1. The predicted octanol–water partition coefficient (Wildman–Crippen LogP) is 2.85. The van der Waals surface area contributed by atoms with Gasteiger partial charge < -0.3 is 4.90 Å². The number of benzene rings is 1. The molecule has 0 unspecified atom stereocenters. The predicted molar refractivity (Wildman–Crippen MR) is 70.5 cm³/mol. The number of rotatable bonds is 6. The molecule has 0 saturated carbocycles. The monoisotopic (exact) mass is 306 g/mol. The lowest BCUT2D eigenvalue weighted by Gasteiger charge is -2.21. The average Bonchev–Trinajstić information content (AvgIpc) is 2.36. The minimum atomic E-state index is -2.73. The highest BCUT2D eigenvalue weighted by molar-refractivity contribution is 6.18. The number of carbonyl (C=O) groups excluding carboxylic acids is 1. The number of amides is 1. The molecule has 1 amide bonds. The summed E-state index contributed by atoms with van der Waals surface area (Å²) in [6, 6.07) is 4.20. The van der Waals surface area contributed by atoms with Crippen LogP contribution < -0.4 is 0 Å². The number of para-hydroxylation sites is 1. The molecule has 0 aliphatic rings. The van der Waals surface area contributed by atoms with E-state index in [0.29, 0.717) is 5.56 Å². The first-order chi connectivity index (χ1) is 9.38. The molecule has 110 valence electrons. The number of alkyl halides is 3. The van der Waals surface area contributed by atoms with Crippen molar-refractivity contribution in [3.8, 4) is 0 Å². The van der Waals surface area contributed by atoms with E-state index in [9.17, 15) is 23.7 Å². The van der Waals surface area contributed by atoms with Crippen LogP contribution in [0.15, 0.2) is 18.2 Å². The largest absolute Gasteiger partial charge is 0.332 e. The molecule has 0 heterocycles. The maximum atomic E-state index is 12.5. The fraction of sp³-hybridized carbons (Fsp3) is 0.417. The number of halogens is 3. The van der Waals surface area contributed by atoms with Crippen LogP contribution in [0.25, 0.3) is 0 Å². The van der Waals surface area contributed by atoms with Crippen molar-refractivity contribution < 1.29 is 18.5 Å². The fourth-order valence-corrected chi connectivity index (χ4v) is 1.99. The Balaban J connectivity index is 3.18. The van der Waals surface area contributed by atoms with Crippen molar-refractivity contribution in [3.05, 3.63) is 39.4 Å². The number of nitro benzene ring substituents is 1. The molecule has 0 atom stereocenters. The molecule has 1 aromatic rings. The lowest BCUT2D eigenvalue weighted by Crippen LogP contribution is -2.37. The Labute approximate surface area is 119 Å². The summed E-state index contributed by atoms with van der Waals surface area (Å²) in [5, 5.41) is 11.0. The van der Waals surface area contributed by atoms with Gasteiger partial charge in [0.25, 0.3) is 18.0 Å². The van der Waals surface area contributed by atoms with E-state index in [1.54, 1.807) is 0 Å². The van der Waals surface area contributed by atoms with Crippen LogP contribution in [0.5, 0.6) is 0 Å². The molecule has 0 bridgehead atoms. The Morgan fingerprint density at radius 3 is 2.65 bits per heavy atom. The first kappa shape index (κ1) is 16.3. The summed E-state index contributed by atoms with van der Waals surface area (Å²) in [6.07, 6.45) is -2.73. The highest BCUT2D eigenvalue weighted by atomic mass is 35.5. The average molecular weight is 307 g/mol. The highest BCUT2D eigenvalue weighted by Gasteiger charge is 2.27. The molecule has 0 fully saturated rings. The molecular formula is C12H13ClF2N2O3. The van der Waals surface area contributed by atoms with Gasteiger partial charge in [-0.25, -0.2) is 8.78 Å². The number of nitro groups is 1. The van der Waals surface area contributed by atoms with E-state index < -0.39 is 23.8 Å². The Hall–Kier alpha value is -1.76. The van der Waals surface area contributed by atoms with E-state index in [2.05, 4.69) is 0 Å². The van der Waals surface area contributed by atoms with Gasteiger partial charge in [0.15, 0.2) is 0 Å². The molecule has 0 spiro atoms. The summed E-state index contributed by atoms with van der Waals surface area (Å²) >= 11 is 5.47. The van der Waals surface area contributed by atoms with E-state index in [0.717, 1.165) is 4.90 Å². The Morgan fingerprint density at radius 1 is 1.50 bits per heavy atom. The molecular weight excluding hydrogens is 294 g/mol. The zero-order valence-electron chi connectivity index (χ0n) is 10.7. The topological polar surface area (TPSA) is 63.5 Å². The van der Waals surface area contributed by atoms with E-state index in [4.69, 9.17) is 11.6 Å². The van der Waals surface area contributed by atoms with Gasteiger partial charge in [-0.15, -0.1) is 11.6 Å². The molecule has 0 aliphatic carbocycles. The van der Waals surface area contributed by atoms with Gasteiger partial charge in [0, 0.05) is 18.0 Å². The molecule has 20 heavy (non-hydrogen) atoms. The van der Waals surface area contributed by atoms with E-state index in [1.807, 2.05) is 0 Å². The third kappa shape index (κ3) is 3.86. The van der Waals surface area contributed by atoms with Gasteiger partial charge in [-0.1, -0.05) is 12.1 Å². The van der Waals surface area contributed by atoms with Gasteiger partial charge in [0.05, 0.1) is 11.5 Å². The minimum absolute atomic E-state index is 0.0297. The second-order valence-electron chi connectivity index (χ2n) is 4.06. The van der Waals surface area contributed by atoms with Crippen molar-refractivity contribution >= 4 is 23.2 Å². The van der Waals surface area contributed by atoms with Crippen LogP contribution in [0.3, 0.4) is 0 Å². The smallest absolute Gasteiger partial charge is 0.285 e. The molecule has 1 rings (SSSR count). The first-order valence-electron chi connectivity index (χ1n) is 5.75. The van der Waals surface area contributed by atoms with Gasteiger partial charge in [-0.2, -0.15) is 0 Å². The van der Waals surface area contributed by atoms with Gasteiger partial charge in [0.1, 0.15) is 5.56 Å². The highest BCUT2D eigenvalue weighted by Crippen LogP contribution is 2.24. The summed E-state index contributed by atoms with van der Waals surface area (Å²) in [5.41, 5.74) is -0.282. The standard InChI is InChI=1S/C12H13ClF2N2O3/c1-8-3-2-4-9(11(8)17(19)20)12(18)16(6-5-13)7-10(14)15/h2-4,10H,5-7H2,1H3. The van der Waals surface area contributed by atoms with E-state index in [1.165, 1.54) is 25.1 Å². The Bertz CT molecular complexity index is 511. The summed E-state index contributed by atoms with van der Waals surface area (Å²) in [7, 11) is 0. The van der Waals surface area contributed by atoms with Crippen LogP contribution in [0.1, 0.15) is 15.9 Å². The summed E-state index contributed by atoms with van der Waals surface area (Å²) in [4.78, 5) is 23.3. The van der Waals surface area contributed by atoms with Gasteiger partial charge in [0.2, 0.25) is 0 Å². The molecule has 0 N–H and O–H groups in total. The van der Waals surface area contributed by atoms with Crippen LogP contribution in [0, 0.1) is 17.0 Å². The summed E-state index contributed by atoms with van der Waals surface area (Å²) < 4.78 is 24.9. The van der Waals surface area contributed by atoms with Gasteiger partial charge >= 0.3 is 0 Å². The zero-order valence-corrected chi connectivity index (χ0v) is 11.4. The summed E-state index contributed by atoms with van der Waals surface area (Å²) in [5.74, 6) is -0.848. The second kappa shape index (κ2) is 7.14. The third-order valence-electron chi connectivity index (χ3n) is 2.65. The number of hydrogen-bond donors (Lipinski definition) is 0. The maximum Gasteiger partial charge on any atom is 0.285 e. The molecule has 0 radical (unpaired) electrons. The van der Waals surface area contributed by atoms with Crippen LogP contribution in [-0.4, -0.2) is 41.1 Å². The number of carbonyl (C=O) groups is 1. The van der Waals surface area contributed by atoms with Gasteiger partial charge in [-0.05, 0) is 13.0 Å². The van der Waals surface area contributed by atoms with Crippen molar-refractivity contribution in [2.75, 3.05) is 19.0 Å².